The SMILES string of the molecule is NCC#Cc1ccccc1NC(=O)C1COCCO1. The van der Waals surface area contributed by atoms with E-state index in [-0.39, 0.29) is 19.1 Å². The third kappa shape index (κ3) is 3.80. The van der Waals surface area contributed by atoms with Crippen molar-refractivity contribution in [1.29, 1.82) is 0 Å². The Morgan fingerprint density at radius 2 is 2.26 bits per heavy atom. The van der Waals surface area contributed by atoms with Gasteiger partial charge in [-0.15, -0.1) is 0 Å². The van der Waals surface area contributed by atoms with E-state index in [0.29, 0.717) is 18.9 Å². The molecular formula is C14H16N2O3. The molecule has 5 heteroatoms. The minimum absolute atomic E-state index is 0.221. The van der Waals surface area contributed by atoms with Crippen LogP contribution in [0.4, 0.5) is 5.69 Å². The molecule has 0 radical (unpaired) electrons. The number of hydrogen-bond donors (Lipinski definition) is 2. The minimum Gasteiger partial charge on any atom is -0.376 e. The van der Waals surface area contributed by atoms with Gasteiger partial charge >= 0.3 is 0 Å². The Bertz CT molecular complexity index is 499. The number of hydrogen-bond acceptors (Lipinski definition) is 4. The van der Waals surface area contributed by atoms with Gasteiger partial charge in [0.15, 0.2) is 6.10 Å². The number of rotatable bonds is 2. The zero-order valence-electron chi connectivity index (χ0n) is 10.5. The van der Waals surface area contributed by atoms with Crippen LogP contribution in [-0.2, 0) is 14.3 Å². The summed E-state index contributed by atoms with van der Waals surface area (Å²) in [6.45, 7) is 1.53. The molecule has 0 saturated carbocycles. The molecule has 0 bridgehead atoms. The summed E-state index contributed by atoms with van der Waals surface area (Å²) in [5.41, 5.74) is 6.74. The van der Waals surface area contributed by atoms with Crippen LogP contribution < -0.4 is 11.1 Å². The highest BCUT2D eigenvalue weighted by Gasteiger charge is 2.23. The number of nitrogens with one attached hydrogen (secondary N) is 1. The summed E-state index contributed by atoms with van der Waals surface area (Å²) in [7, 11) is 0. The molecule has 1 aromatic carbocycles. The second-order valence-corrected chi connectivity index (χ2v) is 3.98. The van der Waals surface area contributed by atoms with E-state index in [4.69, 9.17) is 15.2 Å². The topological polar surface area (TPSA) is 73.6 Å². The molecule has 1 fully saturated rings. The third-order valence-corrected chi connectivity index (χ3v) is 2.62. The summed E-state index contributed by atoms with van der Waals surface area (Å²) in [4.78, 5) is 12.0. The lowest BCUT2D eigenvalue weighted by atomic mass is 10.1. The smallest absolute Gasteiger partial charge is 0.255 e. The molecule has 1 amide bonds. The number of carbonyl (C=O) groups excluding carboxylic acids is 1. The molecule has 1 aliphatic rings. The maximum Gasteiger partial charge on any atom is 0.255 e. The first-order valence-electron chi connectivity index (χ1n) is 6.09. The van der Waals surface area contributed by atoms with Gasteiger partial charge in [-0.25, -0.2) is 0 Å². The summed E-state index contributed by atoms with van der Waals surface area (Å²) in [5, 5.41) is 2.80. The van der Waals surface area contributed by atoms with Crippen molar-refractivity contribution in [2.24, 2.45) is 5.73 Å². The minimum atomic E-state index is -0.565. The lowest BCUT2D eigenvalue weighted by Crippen LogP contribution is -2.39. The lowest BCUT2D eigenvalue weighted by Gasteiger charge is -2.22. The molecule has 1 aromatic rings. The van der Waals surface area contributed by atoms with Crippen LogP contribution in [0.3, 0.4) is 0 Å². The first kappa shape index (κ1) is 13.6. The van der Waals surface area contributed by atoms with Crippen LogP contribution in [0.5, 0.6) is 0 Å². The second kappa shape index (κ2) is 6.90. The second-order valence-electron chi connectivity index (χ2n) is 3.98. The zero-order chi connectivity index (χ0) is 13.5. The standard InChI is InChI=1S/C14H16N2O3/c15-7-3-5-11-4-1-2-6-12(11)16-14(17)13-10-18-8-9-19-13/h1-2,4,6,13H,7-10,15H2,(H,16,17). The molecule has 5 nitrogen and oxygen atoms in total. The van der Waals surface area contributed by atoms with Crippen LogP contribution in [0.25, 0.3) is 0 Å². The van der Waals surface area contributed by atoms with E-state index >= 15 is 0 Å². The number of ether oxygens (including phenoxy) is 2. The monoisotopic (exact) mass is 260 g/mol. The van der Waals surface area contributed by atoms with E-state index in [1.807, 2.05) is 18.2 Å². The summed E-state index contributed by atoms with van der Waals surface area (Å²) < 4.78 is 10.5. The van der Waals surface area contributed by atoms with E-state index in [9.17, 15) is 4.79 Å². The number of benzene rings is 1. The Kier molecular flexibility index (Phi) is 4.93. The van der Waals surface area contributed by atoms with Gasteiger partial charge in [-0.3, -0.25) is 4.79 Å². The quantitative estimate of drug-likeness (QED) is 0.753. The van der Waals surface area contributed by atoms with Gasteiger partial charge in [-0.05, 0) is 12.1 Å². The van der Waals surface area contributed by atoms with Gasteiger partial charge in [0.05, 0.1) is 32.1 Å². The van der Waals surface area contributed by atoms with Crippen LogP contribution in [0, 0.1) is 11.8 Å². The summed E-state index contributed by atoms with van der Waals surface area (Å²) >= 11 is 0. The van der Waals surface area contributed by atoms with E-state index in [1.54, 1.807) is 6.07 Å². The van der Waals surface area contributed by atoms with Crippen molar-refractivity contribution >= 4 is 11.6 Å². The van der Waals surface area contributed by atoms with Gasteiger partial charge in [0, 0.05) is 5.56 Å². The summed E-state index contributed by atoms with van der Waals surface area (Å²) in [6, 6.07) is 7.32. The van der Waals surface area contributed by atoms with Gasteiger partial charge in [0.1, 0.15) is 0 Å². The van der Waals surface area contributed by atoms with Gasteiger partial charge in [0.2, 0.25) is 0 Å². The van der Waals surface area contributed by atoms with Gasteiger partial charge in [0.25, 0.3) is 5.91 Å². The summed E-state index contributed by atoms with van der Waals surface area (Å²) in [5.74, 6) is 5.47. The van der Waals surface area contributed by atoms with Gasteiger partial charge in [-0.1, -0.05) is 24.0 Å². The highest BCUT2D eigenvalue weighted by Crippen LogP contribution is 2.15. The molecule has 19 heavy (non-hydrogen) atoms. The Morgan fingerprint density at radius 1 is 1.42 bits per heavy atom. The van der Waals surface area contributed by atoms with Crippen molar-refractivity contribution in [3.05, 3.63) is 29.8 Å². The lowest BCUT2D eigenvalue weighted by molar-refractivity contribution is -0.142. The van der Waals surface area contributed by atoms with Crippen molar-refractivity contribution in [1.82, 2.24) is 0 Å². The molecule has 1 heterocycles. The molecule has 1 atom stereocenters. The predicted molar refractivity (Wildman–Crippen MR) is 71.6 cm³/mol. The Hall–Kier alpha value is -1.87. The average Bonchev–Trinajstić information content (AvgIpc) is 2.47. The summed E-state index contributed by atoms with van der Waals surface area (Å²) in [6.07, 6.45) is -0.565. The van der Waals surface area contributed by atoms with Crippen molar-refractivity contribution < 1.29 is 14.3 Å². The molecule has 2 rings (SSSR count). The third-order valence-electron chi connectivity index (χ3n) is 2.62. The molecular weight excluding hydrogens is 244 g/mol. The molecule has 0 spiro atoms. The van der Waals surface area contributed by atoms with Crippen LogP contribution in [0.2, 0.25) is 0 Å². The first-order chi connectivity index (χ1) is 9.31. The van der Waals surface area contributed by atoms with Crippen LogP contribution >= 0.6 is 0 Å². The number of para-hydroxylation sites is 1. The van der Waals surface area contributed by atoms with Gasteiger partial charge in [-0.2, -0.15) is 0 Å². The number of amides is 1. The van der Waals surface area contributed by atoms with Crippen molar-refractivity contribution in [2.75, 3.05) is 31.7 Å². The molecule has 1 saturated heterocycles. The molecule has 0 aliphatic carbocycles. The first-order valence-corrected chi connectivity index (χ1v) is 6.09. The van der Waals surface area contributed by atoms with E-state index < -0.39 is 6.10 Å². The Morgan fingerprint density at radius 3 is 3.00 bits per heavy atom. The van der Waals surface area contributed by atoms with E-state index in [1.165, 1.54) is 0 Å². The normalized spacial score (nSPS) is 18.3. The van der Waals surface area contributed by atoms with Crippen LogP contribution in [0.15, 0.2) is 24.3 Å². The fourth-order valence-corrected chi connectivity index (χ4v) is 1.70. The maximum atomic E-state index is 12.0. The Labute approximate surface area is 112 Å². The maximum absolute atomic E-state index is 12.0. The predicted octanol–water partition coefficient (Wildman–Crippen LogP) is 0.351. The molecule has 0 aromatic heterocycles. The van der Waals surface area contributed by atoms with Crippen molar-refractivity contribution in [2.45, 2.75) is 6.10 Å². The molecule has 3 N–H and O–H groups in total. The number of anilines is 1. The number of carbonyl (C=O) groups is 1. The van der Waals surface area contributed by atoms with Crippen molar-refractivity contribution in [3.63, 3.8) is 0 Å². The van der Waals surface area contributed by atoms with Crippen LogP contribution in [-0.4, -0.2) is 38.4 Å². The highest BCUT2D eigenvalue weighted by molar-refractivity contribution is 5.95. The molecule has 1 unspecified atom stereocenters. The molecule has 100 valence electrons. The molecule has 1 aliphatic heterocycles. The largest absolute Gasteiger partial charge is 0.376 e. The van der Waals surface area contributed by atoms with Crippen LogP contribution in [0.1, 0.15) is 5.56 Å². The zero-order valence-corrected chi connectivity index (χ0v) is 10.5. The van der Waals surface area contributed by atoms with E-state index in [0.717, 1.165) is 5.56 Å². The number of nitrogens with two attached hydrogens (primary N) is 1. The van der Waals surface area contributed by atoms with E-state index in [2.05, 4.69) is 17.2 Å². The van der Waals surface area contributed by atoms with Crippen molar-refractivity contribution in [3.8, 4) is 11.8 Å². The Balaban J connectivity index is 2.07. The fraction of sp³-hybridized carbons (Fsp3) is 0.357. The highest BCUT2D eigenvalue weighted by atomic mass is 16.6. The van der Waals surface area contributed by atoms with Gasteiger partial charge < -0.3 is 20.5 Å². The fourth-order valence-electron chi connectivity index (χ4n) is 1.70. The average molecular weight is 260 g/mol.